The molecule has 0 saturated carbocycles. The van der Waals surface area contributed by atoms with E-state index in [9.17, 15) is 17.6 Å². The Hall–Kier alpha value is -2.00. The molecule has 1 fully saturated rings. The number of hydrogen-bond acceptors (Lipinski definition) is 4. The Bertz CT molecular complexity index is 1000. The van der Waals surface area contributed by atoms with Crippen LogP contribution in [0.1, 0.15) is 24.8 Å². The van der Waals surface area contributed by atoms with E-state index in [0.29, 0.717) is 25.9 Å². The SMILES string of the molecule is CN(CCCC(=O)N1CCCN(Cc2ccc(Cl)cc2)CC1)S(=O)(=O)c1ccc(F)cc1. The molecule has 0 bridgehead atoms. The van der Waals surface area contributed by atoms with E-state index in [4.69, 9.17) is 11.6 Å². The third kappa shape index (κ3) is 6.75. The highest BCUT2D eigenvalue weighted by Crippen LogP contribution is 2.16. The largest absolute Gasteiger partial charge is 0.341 e. The molecular weight excluding hydrogens is 453 g/mol. The summed E-state index contributed by atoms with van der Waals surface area (Å²) in [6, 6.07) is 12.6. The van der Waals surface area contributed by atoms with Crippen LogP contribution in [0.4, 0.5) is 4.39 Å². The van der Waals surface area contributed by atoms with Crippen LogP contribution in [0.3, 0.4) is 0 Å². The number of nitrogens with zero attached hydrogens (tertiary/aromatic N) is 3. The summed E-state index contributed by atoms with van der Waals surface area (Å²) < 4.78 is 39.4. The molecule has 0 aliphatic carbocycles. The standard InChI is InChI=1S/C23H29ClFN3O3S/c1-26(32(30,31)22-11-9-21(25)10-12-22)13-2-4-23(29)28-15-3-14-27(16-17-28)18-19-5-7-20(24)8-6-19/h5-12H,2-4,13-18H2,1H3. The molecule has 1 amide bonds. The molecule has 3 rings (SSSR count). The minimum atomic E-state index is -3.70. The molecular formula is C23H29ClFN3O3S. The lowest BCUT2D eigenvalue weighted by Gasteiger charge is -2.23. The Labute approximate surface area is 194 Å². The average Bonchev–Trinajstić information content (AvgIpc) is 3.01. The van der Waals surface area contributed by atoms with Crippen molar-refractivity contribution in [2.24, 2.45) is 0 Å². The van der Waals surface area contributed by atoms with Crippen LogP contribution in [0, 0.1) is 5.82 Å². The topological polar surface area (TPSA) is 60.9 Å². The van der Waals surface area contributed by atoms with Crippen molar-refractivity contribution in [3.63, 3.8) is 0 Å². The first kappa shape index (κ1) is 24.6. The van der Waals surface area contributed by atoms with E-state index in [1.807, 2.05) is 29.2 Å². The van der Waals surface area contributed by atoms with E-state index in [-0.39, 0.29) is 17.3 Å². The Morgan fingerprint density at radius 1 is 1.03 bits per heavy atom. The highest BCUT2D eigenvalue weighted by atomic mass is 35.5. The van der Waals surface area contributed by atoms with Crippen LogP contribution in [0.25, 0.3) is 0 Å². The molecule has 0 atom stereocenters. The van der Waals surface area contributed by atoms with Gasteiger partial charge in [-0.05, 0) is 54.8 Å². The second kappa shape index (κ2) is 11.2. The number of rotatable bonds is 8. The van der Waals surface area contributed by atoms with E-state index in [1.54, 1.807) is 0 Å². The van der Waals surface area contributed by atoms with E-state index in [2.05, 4.69) is 4.90 Å². The van der Waals surface area contributed by atoms with Crippen molar-refractivity contribution < 1.29 is 17.6 Å². The maximum atomic E-state index is 13.1. The number of hydrogen-bond donors (Lipinski definition) is 0. The highest BCUT2D eigenvalue weighted by molar-refractivity contribution is 7.89. The number of carbonyl (C=O) groups excluding carboxylic acids is 1. The molecule has 0 spiro atoms. The summed E-state index contributed by atoms with van der Waals surface area (Å²) in [6.07, 6.45) is 1.62. The van der Waals surface area contributed by atoms with Crippen LogP contribution in [0.2, 0.25) is 5.02 Å². The van der Waals surface area contributed by atoms with Gasteiger partial charge in [0.1, 0.15) is 5.82 Å². The van der Waals surface area contributed by atoms with Gasteiger partial charge in [0.15, 0.2) is 0 Å². The molecule has 1 heterocycles. The molecule has 0 unspecified atom stereocenters. The maximum Gasteiger partial charge on any atom is 0.242 e. The lowest BCUT2D eigenvalue weighted by molar-refractivity contribution is -0.131. The summed E-state index contributed by atoms with van der Waals surface area (Å²) in [5.74, 6) is -0.438. The van der Waals surface area contributed by atoms with Crippen molar-refractivity contribution in [2.75, 3.05) is 39.8 Å². The first-order valence-electron chi connectivity index (χ1n) is 10.7. The molecule has 1 aliphatic rings. The van der Waals surface area contributed by atoms with Gasteiger partial charge in [0.25, 0.3) is 0 Å². The Morgan fingerprint density at radius 3 is 2.41 bits per heavy atom. The highest BCUT2D eigenvalue weighted by Gasteiger charge is 2.22. The molecule has 1 saturated heterocycles. The van der Waals surface area contributed by atoms with Gasteiger partial charge in [-0.25, -0.2) is 17.1 Å². The van der Waals surface area contributed by atoms with Crippen LogP contribution in [0.5, 0.6) is 0 Å². The molecule has 2 aromatic carbocycles. The van der Waals surface area contributed by atoms with Crippen LogP contribution in [-0.4, -0.2) is 68.2 Å². The van der Waals surface area contributed by atoms with Gasteiger partial charge in [0.2, 0.25) is 15.9 Å². The molecule has 0 N–H and O–H groups in total. The quantitative estimate of drug-likeness (QED) is 0.578. The number of halogens is 2. The van der Waals surface area contributed by atoms with Gasteiger partial charge in [-0.3, -0.25) is 9.69 Å². The predicted molar refractivity (Wildman–Crippen MR) is 123 cm³/mol. The zero-order chi connectivity index (χ0) is 23.1. The molecule has 9 heteroatoms. The van der Waals surface area contributed by atoms with Crippen molar-refractivity contribution in [3.8, 4) is 0 Å². The van der Waals surface area contributed by atoms with Crippen LogP contribution < -0.4 is 0 Å². The first-order valence-corrected chi connectivity index (χ1v) is 12.5. The van der Waals surface area contributed by atoms with Crippen LogP contribution in [-0.2, 0) is 21.4 Å². The van der Waals surface area contributed by atoms with Crippen molar-refractivity contribution >= 4 is 27.5 Å². The Kier molecular flexibility index (Phi) is 8.64. The van der Waals surface area contributed by atoms with E-state index < -0.39 is 15.8 Å². The second-order valence-corrected chi connectivity index (χ2v) is 10.5. The molecule has 0 radical (unpaired) electrons. The van der Waals surface area contributed by atoms with Gasteiger partial charge in [-0.15, -0.1) is 0 Å². The normalized spacial score (nSPS) is 15.7. The van der Waals surface area contributed by atoms with Crippen molar-refractivity contribution in [2.45, 2.75) is 30.7 Å². The second-order valence-electron chi connectivity index (χ2n) is 8.02. The lowest BCUT2D eigenvalue weighted by atomic mass is 10.2. The summed E-state index contributed by atoms with van der Waals surface area (Å²) >= 11 is 5.95. The summed E-state index contributed by atoms with van der Waals surface area (Å²) in [7, 11) is -2.22. The molecule has 0 aromatic heterocycles. The third-order valence-corrected chi connectivity index (χ3v) is 7.77. The zero-order valence-electron chi connectivity index (χ0n) is 18.2. The Morgan fingerprint density at radius 2 is 1.72 bits per heavy atom. The number of carbonyl (C=O) groups is 1. The Balaban J connectivity index is 1.44. The fourth-order valence-corrected chi connectivity index (χ4v) is 5.08. The summed E-state index contributed by atoms with van der Waals surface area (Å²) in [6.45, 7) is 4.14. The summed E-state index contributed by atoms with van der Waals surface area (Å²) in [4.78, 5) is 16.9. The first-order chi connectivity index (χ1) is 15.3. The summed E-state index contributed by atoms with van der Waals surface area (Å²) in [5.41, 5.74) is 1.19. The summed E-state index contributed by atoms with van der Waals surface area (Å²) in [5, 5.41) is 0.720. The van der Waals surface area contributed by atoms with E-state index in [0.717, 1.165) is 43.2 Å². The van der Waals surface area contributed by atoms with Gasteiger partial charge in [-0.2, -0.15) is 0 Å². The van der Waals surface area contributed by atoms with Crippen molar-refractivity contribution in [1.82, 2.24) is 14.1 Å². The monoisotopic (exact) mass is 481 g/mol. The maximum absolute atomic E-state index is 13.1. The van der Waals surface area contributed by atoms with Crippen molar-refractivity contribution in [3.05, 3.63) is 64.9 Å². The fourth-order valence-electron chi connectivity index (χ4n) is 3.74. The van der Waals surface area contributed by atoms with Gasteiger partial charge in [0, 0.05) is 57.8 Å². The van der Waals surface area contributed by atoms with Gasteiger partial charge in [-0.1, -0.05) is 23.7 Å². The minimum absolute atomic E-state index is 0.0426. The number of benzene rings is 2. The number of amides is 1. The smallest absolute Gasteiger partial charge is 0.242 e. The van der Waals surface area contributed by atoms with Gasteiger partial charge < -0.3 is 4.90 Å². The van der Waals surface area contributed by atoms with Gasteiger partial charge >= 0.3 is 0 Å². The lowest BCUT2D eigenvalue weighted by Crippen LogP contribution is -2.35. The van der Waals surface area contributed by atoms with E-state index >= 15 is 0 Å². The molecule has 32 heavy (non-hydrogen) atoms. The third-order valence-electron chi connectivity index (χ3n) is 5.65. The molecule has 1 aliphatic heterocycles. The molecule has 2 aromatic rings. The molecule has 6 nitrogen and oxygen atoms in total. The van der Waals surface area contributed by atoms with Crippen LogP contribution >= 0.6 is 11.6 Å². The van der Waals surface area contributed by atoms with Crippen LogP contribution in [0.15, 0.2) is 53.4 Å². The molecule has 174 valence electrons. The number of sulfonamides is 1. The van der Waals surface area contributed by atoms with Crippen molar-refractivity contribution in [1.29, 1.82) is 0 Å². The fraction of sp³-hybridized carbons (Fsp3) is 0.435. The van der Waals surface area contributed by atoms with Gasteiger partial charge in [0.05, 0.1) is 4.90 Å². The minimum Gasteiger partial charge on any atom is -0.341 e. The zero-order valence-corrected chi connectivity index (χ0v) is 19.8. The predicted octanol–water partition coefficient (Wildman–Crippen LogP) is 3.61. The average molecular weight is 482 g/mol. The van der Waals surface area contributed by atoms with E-state index in [1.165, 1.54) is 29.0 Å².